The van der Waals surface area contributed by atoms with Gasteiger partial charge in [-0.2, -0.15) is 0 Å². The second kappa shape index (κ2) is 6.45. The quantitative estimate of drug-likeness (QED) is 0.895. The van der Waals surface area contributed by atoms with Crippen LogP contribution in [0, 0.1) is 0 Å². The maximum Gasteiger partial charge on any atom is 0.573 e. The molecule has 8 heteroatoms. The summed E-state index contributed by atoms with van der Waals surface area (Å²) in [4.78, 5) is -0.187. The maximum atomic E-state index is 12.4. The first-order valence-corrected chi connectivity index (χ1v) is 8.34. The fraction of sp³-hybridized carbons (Fsp3) is 0.571. The molecule has 22 heavy (non-hydrogen) atoms. The minimum Gasteiger partial charge on any atom is -0.406 e. The van der Waals surface area contributed by atoms with Crippen LogP contribution in [-0.4, -0.2) is 27.1 Å². The van der Waals surface area contributed by atoms with Crippen molar-refractivity contribution in [2.45, 2.75) is 43.9 Å². The number of ether oxygens (including phenoxy) is 1. The average Bonchev–Trinajstić information content (AvgIpc) is 2.33. The van der Waals surface area contributed by atoms with E-state index >= 15 is 0 Å². The molecule has 0 saturated heterocycles. The molecule has 0 atom stereocenters. The van der Waals surface area contributed by atoms with Crippen LogP contribution in [0.2, 0.25) is 0 Å². The molecule has 0 amide bonds. The summed E-state index contributed by atoms with van der Waals surface area (Å²) in [5.74, 6) is -0.756. The molecule has 0 aromatic heterocycles. The Hall–Kier alpha value is -1.28. The number of halogens is 3. The molecule has 0 heterocycles. The van der Waals surface area contributed by atoms with Gasteiger partial charge in [0, 0.05) is 0 Å². The Morgan fingerprint density at radius 2 is 1.73 bits per heavy atom. The predicted octanol–water partition coefficient (Wildman–Crippen LogP) is 3.01. The first-order chi connectivity index (χ1) is 9.85. The first-order valence-electron chi connectivity index (χ1n) is 6.69. The van der Waals surface area contributed by atoms with E-state index in [1.54, 1.807) is 20.8 Å². The Balaban J connectivity index is 3.36. The third-order valence-corrected chi connectivity index (χ3v) is 4.74. The second-order valence-electron chi connectivity index (χ2n) is 5.95. The molecule has 0 aliphatic heterocycles. The average molecular weight is 339 g/mol. The van der Waals surface area contributed by atoms with E-state index in [9.17, 15) is 21.6 Å². The van der Waals surface area contributed by atoms with Crippen molar-refractivity contribution in [2.75, 3.05) is 12.3 Å². The third kappa shape index (κ3) is 5.49. The molecule has 0 bridgehead atoms. The molecule has 1 aromatic carbocycles. The largest absolute Gasteiger partial charge is 0.573 e. The van der Waals surface area contributed by atoms with Crippen LogP contribution >= 0.6 is 0 Å². The summed E-state index contributed by atoms with van der Waals surface area (Å²) < 4.78 is 65.5. The fourth-order valence-corrected chi connectivity index (χ4v) is 3.15. The topological polar surface area (TPSA) is 69.4 Å². The van der Waals surface area contributed by atoms with Gasteiger partial charge in [0.1, 0.15) is 5.75 Å². The molecule has 2 N–H and O–H groups in total. The predicted molar refractivity (Wildman–Crippen MR) is 77.5 cm³/mol. The smallest absolute Gasteiger partial charge is 0.406 e. The lowest BCUT2D eigenvalue weighted by atomic mass is 9.87. The van der Waals surface area contributed by atoms with Crippen LogP contribution < -0.4 is 10.5 Å². The summed E-state index contributed by atoms with van der Waals surface area (Å²) in [5, 5.41) is 0. The van der Waals surface area contributed by atoms with E-state index in [1.165, 1.54) is 12.1 Å². The van der Waals surface area contributed by atoms with Gasteiger partial charge in [0.2, 0.25) is 0 Å². The molecular weight excluding hydrogens is 319 g/mol. The van der Waals surface area contributed by atoms with Gasteiger partial charge in [-0.15, -0.1) is 13.2 Å². The van der Waals surface area contributed by atoms with Crippen molar-refractivity contribution < 1.29 is 26.3 Å². The van der Waals surface area contributed by atoms with Gasteiger partial charge in [-0.1, -0.05) is 20.8 Å². The van der Waals surface area contributed by atoms with Crippen LogP contribution in [0.1, 0.15) is 32.8 Å². The second-order valence-corrected chi connectivity index (χ2v) is 8.06. The number of alkyl halides is 3. The molecule has 0 fully saturated rings. The molecule has 0 saturated carbocycles. The summed E-state index contributed by atoms with van der Waals surface area (Å²) in [6.45, 7) is 5.51. The van der Waals surface area contributed by atoms with E-state index in [0.29, 0.717) is 5.56 Å². The molecule has 0 aliphatic carbocycles. The highest BCUT2D eigenvalue weighted by atomic mass is 32.2. The van der Waals surface area contributed by atoms with E-state index in [-0.39, 0.29) is 23.6 Å². The monoisotopic (exact) mass is 339 g/mol. The molecular formula is C14H20F3NO3S. The molecule has 0 aliphatic rings. The van der Waals surface area contributed by atoms with Gasteiger partial charge in [0.05, 0.1) is 10.6 Å². The van der Waals surface area contributed by atoms with Gasteiger partial charge in [-0.05, 0) is 42.1 Å². The highest BCUT2D eigenvalue weighted by molar-refractivity contribution is 7.91. The highest BCUT2D eigenvalue weighted by Crippen LogP contribution is 2.32. The van der Waals surface area contributed by atoms with Gasteiger partial charge in [0.15, 0.2) is 9.84 Å². The number of hydrogen-bond acceptors (Lipinski definition) is 4. The highest BCUT2D eigenvalue weighted by Gasteiger charge is 2.32. The molecule has 126 valence electrons. The molecule has 1 rings (SSSR count). The Kier molecular flexibility index (Phi) is 5.51. The Morgan fingerprint density at radius 1 is 1.14 bits per heavy atom. The zero-order valence-electron chi connectivity index (χ0n) is 12.7. The summed E-state index contributed by atoms with van der Waals surface area (Å²) in [6.07, 6.45) is -4.65. The van der Waals surface area contributed by atoms with E-state index < -0.39 is 27.4 Å². The van der Waals surface area contributed by atoms with Crippen LogP contribution in [0.15, 0.2) is 23.1 Å². The fourth-order valence-electron chi connectivity index (χ4n) is 1.77. The van der Waals surface area contributed by atoms with Crippen molar-refractivity contribution in [2.24, 2.45) is 5.73 Å². The van der Waals surface area contributed by atoms with Gasteiger partial charge in [-0.25, -0.2) is 8.42 Å². The maximum absolute atomic E-state index is 12.4. The van der Waals surface area contributed by atoms with Crippen molar-refractivity contribution in [1.82, 2.24) is 0 Å². The number of hydrogen-bond donors (Lipinski definition) is 1. The van der Waals surface area contributed by atoms with Crippen LogP contribution in [0.3, 0.4) is 0 Å². The van der Waals surface area contributed by atoms with E-state index in [4.69, 9.17) is 5.73 Å². The zero-order valence-corrected chi connectivity index (χ0v) is 13.5. The Bertz CT molecular complexity index is 619. The number of rotatable bonds is 5. The van der Waals surface area contributed by atoms with Crippen molar-refractivity contribution in [3.63, 3.8) is 0 Å². The molecule has 0 unspecified atom stereocenters. The van der Waals surface area contributed by atoms with E-state index in [1.807, 2.05) is 0 Å². The summed E-state index contributed by atoms with van der Waals surface area (Å²) in [5.41, 5.74) is 5.21. The van der Waals surface area contributed by atoms with Gasteiger partial charge >= 0.3 is 6.36 Å². The number of benzene rings is 1. The summed E-state index contributed by atoms with van der Waals surface area (Å²) in [7, 11) is -3.71. The third-order valence-electron chi connectivity index (χ3n) is 2.96. The Labute approximate surface area is 128 Å². The normalized spacial score (nSPS) is 13.2. The van der Waals surface area contributed by atoms with Crippen molar-refractivity contribution >= 4 is 9.84 Å². The van der Waals surface area contributed by atoms with Crippen molar-refractivity contribution in [3.8, 4) is 5.75 Å². The van der Waals surface area contributed by atoms with Gasteiger partial charge < -0.3 is 10.5 Å². The van der Waals surface area contributed by atoms with Gasteiger partial charge in [-0.3, -0.25) is 0 Å². The first kappa shape index (κ1) is 18.8. The lowest BCUT2D eigenvalue weighted by molar-refractivity contribution is -0.274. The van der Waals surface area contributed by atoms with Gasteiger partial charge in [0.25, 0.3) is 0 Å². The van der Waals surface area contributed by atoms with E-state index in [2.05, 4.69) is 4.74 Å². The van der Waals surface area contributed by atoms with Crippen LogP contribution in [-0.2, 0) is 15.3 Å². The molecule has 0 spiro atoms. The number of nitrogens with two attached hydrogens (primary N) is 1. The Morgan fingerprint density at radius 3 is 2.18 bits per heavy atom. The van der Waals surface area contributed by atoms with Crippen LogP contribution in [0.4, 0.5) is 13.2 Å². The minimum absolute atomic E-state index is 0.185. The summed E-state index contributed by atoms with van der Waals surface area (Å²) in [6, 6.07) is 3.49. The standard InChI is InChI=1S/C14H20F3NO3S/c1-13(2,3)10-7-11(21-14(15,16)17)9-12(8-10)22(19,20)6-4-5-18/h7-9H,4-6,18H2,1-3H3. The summed E-state index contributed by atoms with van der Waals surface area (Å²) >= 11 is 0. The molecule has 4 nitrogen and oxygen atoms in total. The SMILES string of the molecule is CC(C)(C)c1cc(OC(F)(F)F)cc(S(=O)(=O)CCCN)c1. The molecule has 0 radical (unpaired) electrons. The minimum atomic E-state index is -4.88. The zero-order chi connectivity index (χ0) is 17.2. The van der Waals surface area contributed by atoms with Crippen molar-refractivity contribution in [1.29, 1.82) is 0 Å². The lowest BCUT2D eigenvalue weighted by Crippen LogP contribution is -2.19. The van der Waals surface area contributed by atoms with E-state index in [0.717, 1.165) is 6.07 Å². The van der Waals surface area contributed by atoms with Crippen LogP contribution in [0.5, 0.6) is 5.75 Å². The lowest BCUT2D eigenvalue weighted by Gasteiger charge is -2.21. The molecule has 1 aromatic rings. The van der Waals surface area contributed by atoms with Crippen molar-refractivity contribution in [3.05, 3.63) is 23.8 Å². The number of sulfone groups is 1. The van der Waals surface area contributed by atoms with Crippen LogP contribution in [0.25, 0.3) is 0 Å².